The van der Waals surface area contributed by atoms with E-state index in [0.717, 1.165) is 6.07 Å². The number of benzene rings is 1. The zero-order chi connectivity index (χ0) is 16.8. The van der Waals surface area contributed by atoms with Crippen molar-refractivity contribution < 1.29 is 13.3 Å². The Hall–Kier alpha value is -1.86. The number of hydrogen-bond donors (Lipinski definition) is 0. The quantitative estimate of drug-likeness (QED) is 0.600. The first-order valence-corrected chi connectivity index (χ1v) is 8.39. The van der Waals surface area contributed by atoms with E-state index in [1.807, 2.05) is 13.8 Å². The SMILES string of the molecule is CC(C)C[S+]([O-])N=CCc1cc(-c2cncnc2)c(F)cc1F. The highest BCUT2D eigenvalue weighted by Gasteiger charge is 2.12. The fourth-order valence-electron chi connectivity index (χ4n) is 1.96. The van der Waals surface area contributed by atoms with Crippen molar-refractivity contribution in [1.29, 1.82) is 0 Å². The number of hydrogen-bond acceptors (Lipinski definition) is 4. The third kappa shape index (κ3) is 5.07. The Morgan fingerprint density at radius 2 is 1.91 bits per heavy atom. The molecule has 0 bridgehead atoms. The van der Waals surface area contributed by atoms with E-state index in [9.17, 15) is 13.3 Å². The summed E-state index contributed by atoms with van der Waals surface area (Å²) in [4.78, 5) is 7.66. The maximum Gasteiger partial charge on any atom is 0.135 e. The predicted octanol–water partition coefficient (Wildman–Crippen LogP) is 3.35. The molecule has 7 heteroatoms. The van der Waals surface area contributed by atoms with Crippen molar-refractivity contribution in [2.75, 3.05) is 5.75 Å². The molecule has 2 rings (SSSR count). The minimum absolute atomic E-state index is 0.136. The molecule has 1 aromatic carbocycles. The lowest BCUT2D eigenvalue weighted by molar-refractivity contribution is 0.577. The van der Waals surface area contributed by atoms with Crippen LogP contribution in [0.4, 0.5) is 8.78 Å². The highest BCUT2D eigenvalue weighted by Crippen LogP contribution is 2.24. The van der Waals surface area contributed by atoms with Gasteiger partial charge in [0.15, 0.2) is 0 Å². The molecule has 0 fully saturated rings. The van der Waals surface area contributed by atoms with Crippen molar-refractivity contribution in [2.45, 2.75) is 20.3 Å². The molecule has 1 heterocycles. The Morgan fingerprint density at radius 1 is 1.22 bits per heavy atom. The van der Waals surface area contributed by atoms with Crippen molar-refractivity contribution in [3.63, 3.8) is 0 Å². The van der Waals surface area contributed by atoms with Crippen LogP contribution in [-0.2, 0) is 17.8 Å². The Kier molecular flexibility index (Phi) is 6.18. The van der Waals surface area contributed by atoms with E-state index in [-0.39, 0.29) is 23.5 Å². The Morgan fingerprint density at radius 3 is 2.57 bits per heavy atom. The molecule has 0 saturated carbocycles. The second-order valence-electron chi connectivity index (χ2n) is 5.42. The first kappa shape index (κ1) is 17.5. The van der Waals surface area contributed by atoms with Gasteiger partial charge in [0.1, 0.15) is 23.7 Å². The molecule has 0 amide bonds. The molecule has 1 unspecified atom stereocenters. The van der Waals surface area contributed by atoms with Crippen LogP contribution in [0.2, 0.25) is 0 Å². The summed E-state index contributed by atoms with van der Waals surface area (Å²) < 4.78 is 43.3. The van der Waals surface area contributed by atoms with Crippen molar-refractivity contribution in [3.8, 4) is 11.1 Å². The molecule has 0 radical (unpaired) electrons. The van der Waals surface area contributed by atoms with Gasteiger partial charge < -0.3 is 4.55 Å². The van der Waals surface area contributed by atoms with Crippen LogP contribution in [-0.4, -0.2) is 26.5 Å². The summed E-state index contributed by atoms with van der Waals surface area (Å²) in [6, 6.07) is 2.23. The summed E-state index contributed by atoms with van der Waals surface area (Å²) in [5.74, 6) is -0.625. The second kappa shape index (κ2) is 8.12. The molecule has 0 N–H and O–H groups in total. The molecule has 0 spiro atoms. The Bertz CT molecular complexity index is 681. The monoisotopic (exact) mass is 337 g/mol. The van der Waals surface area contributed by atoms with Crippen LogP contribution in [0.25, 0.3) is 11.1 Å². The molecule has 0 aliphatic rings. The van der Waals surface area contributed by atoms with Crippen LogP contribution in [0.1, 0.15) is 19.4 Å². The smallest absolute Gasteiger partial charge is 0.135 e. The van der Waals surface area contributed by atoms with Gasteiger partial charge in [-0.3, -0.25) is 0 Å². The third-order valence-electron chi connectivity index (χ3n) is 2.99. The van der Waals surface area contributed by atoms with Gasteiger partial charge in [0.2, 0.25) is 0 Å². The maximum atomic E-state index is 13.9. The zero-order valence-corrected chi connectivity index (χ0v) is 13.7. The Balaban J connectivity index is 2.18. The molecule has 23 heavy (non-hydrogen) atoms. The first-order valence-electron chi connectivity index (χ1n) is 7.11. The maximum absolute atomic E-state index is 13.9. The summed E-state index contributed by atoms with van der Waals surface area (Å²) in [7, 11) is 0. The van der Waals surface area contributed by atoms with Crippen molar-refractivity contribution >= 4 is 17.6 Å². The van der Waals surface area contributed by atoms with Crippen LogP contribution >= 0.6 is 0 Å². The molecular weight excluding hydrogens is 320 g/mol. The normalized spacial score (nSPS) is 13.0. The standard InChI is InChI=1S/C16H17F2N3OS/c1-11(2)9-23(22)21-4-3-12-5-14(16(18)6-15(12)17)13-7-19-10-20-8-13/h4-8,10-11H,3,9H2,1-2H3. The van der Waals surface area contributed by atoms with Gasteiger partial charge in [0, 0.05) is 41.9 Å². The molecule has 122 valence electrons. The average molecular weight is 337 g/mol. The van der Waals surface area contributed by atoms with E-state index >= 15 is 0 Å². The average Bonchev–Trinajstić information content (AvgIpc) is 2.49. The summed E-state index contributed by atoms with van der Waals surface area (Å²) >= 11 is -1.32. The van der Waals surface area contributed by atoms with Gasteiger partial charge in [-0.2, -0.15) is 0 Å². The molecular formula is C16H17F2N3OS. The number of nitrogens with zero attached hydrogens (tertiary/aromatic N) is 3. The lowest BCUT2D eigenvalue weighted by Gasteiger charge is -2.07. The van der Waals surface area contributed by atoms with Crippen LogP contribution in [0.15, 0.2) is 35.3 Å². The van der Waals surface area contributed by atoms with E-state index in [0.29, 0.717) is 11.3 Å². The van der Waals surface area contributed by atoms with E-state index < -0.39 is 23.0 Å². The van der Waals surface area contributed by atoms with Gasteiger partial charge in [-0.25, -0.2) is 18.7 Å². The van der Waals surface area contributed by atoms with E-state index in [2.05, 4.69) is 14.4 Å². The number of aromatic nitrogens is 2. The number of halogens is 2. The third-order valence-corrected chi connectivity index (χ3v) is 4.32. The topological polar surface area (TPSA) is 61.2 Å². The minimum atomic E-state index is -1.32. The van der Waals surface area contributed by atoms with Gasteiger partial charge in [-0.15, -0.1) is 0 Å². The van der Waals surface area contributed by atoms with E-state index in [1.54, 1.807) is 0 Å². The fourth-order valence-corrected chi connectivity index (χ4v) is 2.85. The highest BCUT2D eigenvalue weighted by atomic mass is 32.2. The second-order valence-corrected chi connectivity index (χ2v) is 6.61. The molecule has 1 aromatic heterocycles. The number of rotatable bonds is 6. The zero-order valence-electron chi connectivity index (χ0n) is 12.9. The van der Waals surface area contributed by atoms with Gasteiger partial charge in [-0.05, 0) is 11.6 Å². The summed E-state index contributed by atoms with van der Waals surface area (Å²) in [5, 5.41) is 0. The van der Waals surface area contributed by atoms with E-state index in [4.69, 9.17) is 0 Å². The van der Waals surface area contributed by atoms with Crippen LogP contribution in [0, 0.1) is 17.6 Å². The van der Waals surface area contributed by atoms with Crippen molar-refractivity contribution in [1.82, 2.24) is 9.97 Å². The summed E-state index contributed by atoms with van der Waals surface area (Å²) in [6.45, 7) is 3.89. The predicted molar refractivity (Wildman–Crippen MR) is 87.4 cm³/mol. The highest BCUT2D eigenvalue weighted by molar-refractivity contribution is 7.90. The molecule has 2 aromatic rings. The van der Waals surface area contributed by atoms with E-state index in [1.165, 1.54) is 31.0 Å². The van der Waals surface area contributed by atoms with Gasteiger partial charge in [0.25, 0.3) is 0 Å². The van der Waals surface area contributed by atoms with Crippen molar-refractivity contribution in [3.05, 3.63) is 48.1 Å². The fraction of sp³-hybridized carbons (Fsp3) is 0.312. The van der Waals surface area contributed by atoms with Crippen LogP contribution in [0.3, 0.4) is 0 Å². The molecule has 0 aliphatic carbocycles. The minimum Gasteiger partial charge on any atom is -0.591 e. The first-order chi connectivity index (χ1) is 11.0. The molecule has 1 atom stereocenters. The lowest BCUT2D eigenvalue weighted by atomic mass is 10.0. The van der Waals surface area contributed by atoms with Crippen LogP contribution in [0.5, 0.6) is 0 Å². The van der Waals surface area contributed by atoms with Crippen LogP contribution < -0.4 is 0 Å². The summed E-state index contributed by atoms with van der Waals surface area (Å²) in [5.41, 5.74) is 0.959. The lowest BCUT2D eigenvalue weighted by Crippen LogP contribution is -2.09. The van der Waals surface area contributed by atoms with Crippen molar-refractivity contribution in [2.24, 2.45) is 10.3 Å². The molecule has 4 nitrogen and oxygen atoms in total. The largest absolute Gasteiger partial charge is 0.591 e. The summed E-state index contributed by atoms with van der Waals surface area (Å²) in [6.07, 6.45) is 5.79. The molecule has 0 saturated heterocycles. The Labute approximate surface area is 137 Å². The van der Waals surface area contributed by atoms with Gasteiger partial charge >= 0.3 is 0 Å². The molecule has 0 aliphatic heterocycles. The van der Waals surface area contributed by atoms with Gasteiger partial charge in [-0.1, -0.05) is 18.2 Å². The van der Waals surface area contributed by atoms with Gasteiger partial charge in [0.05, 0.1) is 17.6 Å².